The van der Waals surface area contributed by atoms with Gasteiger partial charge < -0.3 is 10.0 Å². The van der Waals surface area contributed by atoms with Crippen molar-refractivity contribution in [1.29, 1.82) is 0 Å². The molecule has 0 aromatic heterocycles. The van der Waals surface area contributed by atoms with E-state index in [1.54, 1.807) is 0 Å². The molecule has 3 atom stereocenters. The molecule has 2 aliphatic rings. The van der Waals surface area contributed by atoms with Crippen LogP contribution in [0.15, 0.2) is 0 Å². The van der Waals surface area contributed by atoms with E-state index in [-0.39, 0.29) is 6.04 Å². The highest BCUT2D eigenvalue weighted by Gasteiger charge is 2.37. The van der Waals surface area contributed by atoms with Gasteiger partial charge in [0, 0.05) is 18.6 Å². The van der Waals surface area contributed by atoms with Crippen molar-refractivity contribution in [3.05, 3.63) is 0 Å². The van der Waals surface area contributed by atoms with E-state index >= 15 is 0 Å². The molecule has 0 amide bonds. The highest BCUT2D eigenvalue weighted by Crippen LogP contribution is 2.35. The van der Waals surface area contributed by atoms with Gasteiger partial charge in [-0.1, -0.05) is 12.8 Å². The van der Waals surface area contributed by atoms with E-state index in [0.717, 1.165) is 19.0 Å². The van der Waals surface area contributed by atoms with Crippen LogP contribution < -0.4 is 5.32 Å². The summed E-state index contributed by atoms with van der Waals surface area (Å²) in [6, 6.07) is 0.902. The lowest BCUT2D eigenvalue weighted by Gasteiger charge is -2.45. The minimum absolute atomic E-state index is 0.190. The number of hydrogen-bond acceptors (Lipinski definition) is 3. The van der Waals surface area contributed by atoms with E-state index in [9.17, 15) is 9.90 Å². The van der Waals surface area contributed by atoms with Gasteiger partial charge in [-0.25, -0.2) is 0 Å². The summed E-state index contributed by atoms with van der Waals surface area (Å²) in [5.74, 6) is 0.134. The molecule has 0 aromatic rings. The normalized spacial score (nSPS) is 29.9. The van der Waals surface area contributed by atoms with Gasteiger partial charge in [-0.3, -0.25) is 10.1 Å². The first-order valence-electron chi connectivity index (χ1n) is 8.67. The number of piperidine rings is 1. The summed E-state index contributed by atoms with van der Waals surface area (Å²) in [4.78, 5) is 14.2. The van der Waals surface area contributed by atoms with Crippen molar-refractivity contribution in [2.24, 2.45) is 5.92 Å². The fourth-order valence-corrected chi connectivity index (χ4v) is 4.25. The van der Waals surface area contributed by atoms with Gasteiger partial charge in [0.15, 0.2) is 0 Å². The third kappa shape index (κ3) is 4.19. The fourth-order valence-electron chi connectivity index (χ4n) is 4.25. The van der Waals surface area contributed by atoms with Crippen molar-refractivity contribution in [1.82, 2.24) is 10.2 Å². The predicted molar refractivity (Wildman–Crippen MR) is 85.5 cm³/mol. The maximum Gasteiger partial charge on any atom is 0.323 e. The Balaban J connectivity index is 1.94. The van der Waals surface area contributed by atoms with E-state index in [4.69, 9.17) is 0 Å². The zero-order valence-corrected chi connectivity index (χ0v) is 13.9. The van der Waals surface area contributed by atoms with Gasteiger partial charge in [-0.05, 0) is 65.3 Å². The zero-order chi connectivity index (χ0) is 15.5. The molecule has 122 valence electrons. The predicted octanol–water partition coefficient (Wildman–Crippen LogP) is 2.87. The average Bonchev–Trinajstić information content (AvgIpc) is 2.44. The molecule has 4 heteroatoms. The molecule has 4 nitrogen and oxygen atoms in total. The number of likely N-dealkylation sites (tertiary alicyclic amines) is 1. The van der Waals surface area contributed by atoms with Crippen LogP contribution in [-0.2, 0) is 4.79 Å². The number of hydrogen-bond donors (Lipinski definition) is 2. The number of rotatable bonds is 6. The highest BCUT2D eigenvalue weighted by molar-refractivity contribution is 5.78. The molecule has 1 saturated heterocycles. The SMILES string of the molecule is CC(C)NC(C)(CCN1CCC[C@H]2CCCC[C@H]21)C(=O)O. The van der Waals surface area contributed by atoms with Gasteiger partial charge in [0.1, 0.15) is 5.54 Å². The van der Waals surface area contributed by atoms with Crippen LogP contribution in [0.1, 0.15) is 65.7 Å². The molecule has 0 radical (unpaired) electrons. The lowest BCUT2D eigenvalue weighted by Crippen LogP contribution is -2.55. The first-order chi connectivity index (χ1) is 9.92. The summed E-state index contributed by atoms with van der Waals surface area (Å²) in [6.45, 7) is 7.92. The monoisotopic (exact) mass is 296 g/mol. The number of fused-ring (bicyclic) bond motifs is 1. The van der Waals surface area contributed by atoms with Crippen LogP contribution in [0.5, 0.6) is 0 Å². The smallest absolute Gasteiger partial charge is 0.323 e. The topological polar surface area (TPSA) is 52.6 Å². The van der Waals surface area contributed by atoms with Crippen LogP contribution in [0, 0.1) is 5.92 Å². The number of nitrogens with zero attached hydrogens (tertiary/aromatic N) is 1. The van der Waals surface area contributed by atoms with E-state index in [2.05, 4.69) is 10.2 Å². The average molecular weight is 296 g/mol. The molecule has 0 spiro atoms. The van der Waals surface area contributed by atoms with Crippen molar-refractivity contribution < 1.29 is 9.90 Å². The molecule has 2 N–H and O–H groups in total. The van der Waals surface area contributed by atoms with Crippen molar-refractivity contribution in [3.63, 3.8) is 0 Å². The van der Waals surface area contributed by atoms with Crippen LogP contribution in [-0.4, -0.2) is 46.7 Å². The number of carbonyl (C=O) groups is 1. The number of carboxylic acids is 1. The minimum Gasteiger partial charge on any atom is -0.480 e. The van der Waals surface area contributed by atoms with Crippen molar-refractivity contribution in [2.75, 3.05) is 13.1 Å². The molecule has 0 bridgehead atoms. The summed E-state index contributed by atoms with van der Waals surface area (Å²) >= 11 is 0. The van der Waals surface area contributed by atoms with Gasteiger partial charge in [0.05, 0.1) is 0 Å². The van der Waals surface area contributed by atoms with Gasteiger partial charge in [-0.2, -0.15) is 0 Å². The largest absolute Gasteiger partial charge is 0.480 e. The molecular formula is C17H32N2O2. The van der Waals surface area contributed by atoms with Crippen LogP contribution in [0.2, 0.25) is 0 Å². The second-order valence-corrected chi connectivity index (χ2v) is 7.48. The number of aliphatic carboxylic acids is 1. The Morgan fingerprint density at radius 3 is 2.62 bits per heavy atom. The van der Waals surface area contributed by atoms with Crippen molar-refractivity contribution in [3.8, 4) is 0 Å². The van der Waals surface area contributed by atoms with Crippen LogP contribution >= 0.6 is 0 Å². The Morgan fingerprint density at radius 2 is 1.95 bits per heavy atom. The van der Waals surface area contributed by atoms with Gasteiger partial charge in [0.2, 0.25) is 0 Å². The zero-order valence-electron chi connectivity index (χ0n) is 13.9. The second-order valence-electron chi connectivity index (χ2n) is 7.48. The molecule has 1 saturated carbocycles. The van der Waals surface area contributed by atoms with E-state index in [0.29, 0.717) is 12.5 Å². The van der Waals surface area contributed by atoms with Crippen molar-refractivity contribution in [2.45, 2.75) is 83.3 Å². The van der Waals surface area contributed by atoms with Gasteiger partial charge >= 0.3 is 5.97 Å². The maximum atomic E-state index is 11.6. The third-order valence-corrected chi connectivity index (χ3v) is 5.34. The van der Waals surface area contributed by atoms with Gasteiger partial charge in [0.25, 0.3) is 0 Å². The van der Waals surface area contributed by atoms with Gasteiger partial charge in [-0.15, -0.1) is 0 Å². The summed E-state index contributed by atoms with van der Waals surface area (Å²) in [6.07, 6.45) is 8.76. The van der Waals surface area contributed by atoms with Crippen LogP contribution in [0.3, 0.4) is 0 Å². The van der Waals surface area contributed by atoms with E-state index in [1.165, 1.54) is 38.5 Å². The fraction of sp³-hybridized carbons (Fsp3) is 0.941. The number of nitrogens with one attached hydrogen (secondary N) is 1. The Kier molecular flexibility index (Phi) is 5.67. The molecule has 2 fully saturated rings. The Morgan fingerprint density at radius 1 is 1.29 bits per heavy atom. The lowest BCUT2D eigenvalue weighted by molar-refractivity contribution is -0.145. The van der Waals surface area contributed by atoms with Crippen LogP contribution in [0.4, 0.5) is 0 Å². The Labute approximate surface area is 129 Å². The Bertz CT molecular complexity index is 357. The summed E-state index contributed by atoms with van der Waals surface area (Å²) < 4.78 is 0. The molecule has 1 unspecified atom stereocenters. The summed E-state index contributed by atoms with van der Waals surface area (Å²) in [5.41, 5.74) is -0.810. The maximum absolute atomic E-state index is 11.6. The lowest BCUT2D eigenvalue weighted by atomic mass is 9.78. The van der Waals surface area contributed by atoms with E-state index < -0.39 is 11.5 Å². The minimum atomic E-state index is -0.810. The molecule has 1 aliphatic carbocycles. The molecule has 2 rings (SSSR count). The number of carboxylic acid groups (broad SMARTS) is 1. The molecule has 1 heterocycles. The molecular weight excluding hydrogens is 264 g/mol. The van der Waals surface area contributed by atoms with Crippen LogP contribution in [0.25, 0.3) is 0 Å². The highest BCUT2D eigenvalue weighted by atomic mass is 16.4. The molecule has 0 aromatic carbocycles. The first kappa shape index (κ1) is 16.8. The molecule has 21 heavy (non-hydrogen) atoms. The van der Waals surface area contributed by atoms with E-state index in [1.807, 2.05) is 20.8 Å². The quantitative estimate of drug-likeness (QED) is 0.791. The first-order valence-corrected chi connectivity index (χ1v) is 8.67. The third-order valence-electron chi connectivity index (χ3n) is 5.34. The Hall–Kier alpha value is -0.610. The summed E-state index contributed by atoms with van der Waals surface area (Å²) in [5, 5.41) is 12.8. The standard InChI is InChI=1S/C17H32N2O2/c1-13(2)18-17(3,16(20)21)10-12-19-11-6-8-14-7-4-5-9-15(14)19/h13-15,18H,4-12H2,1-3H3,(H,20,21)/t14-,15-,17?/m1/s1. The second kappa shape index (κ2) is 7.10. The summed E-state index contributed by atoms with van der Waals surface area (Å²) in [7, 11) is 0. The molecule has 1 aliphatic heterocycles. The van der Waals surface area contributed by atoms with Crippen molar-refractivity contribution >= 4 is 5.97 Å².